The lowest BCUT2D eigenvalue weighted by Gasteiger charge is -2.36. The minimum absolute atomic E-state index is 0.116. The average Bonchev–Trinajstić information content (AvgIpc) is 3.73. The monoisotopic (exact) mass is 761 g/mol. The molecule has 1 aliphatic carbocycles. The maximum atomic E-state index is 13.2. The van der Waals surface area contributed by atoms with Crippen LogP contribution in [0.1, 0.15) is 105 Å². The quantitative estimate of drug-likeness (QED) is 0.168. The lowest BCUT2D eigenvalue weighted by atomic mass is 9.85. The fraction of sp³-hybridized carbons (Fsp3) is 0.488. The van der Waals surface area contributed by atoms with E-state index in [1.807, 2.05) is 22.9 Å². The Kier molecular flexibility index (Phi) is 11.2. The number of rotatable bonds is 9. The number of carbonyl (C=O) groups excluding carboxylic acids is 3. The van der Waals surface area contributed by atoms with Gasteiger partial charge in [0.05, 0.1) is 34.4 Å². The van der Waals surface area contributed by atoms with Gasteiger partial charge in [-0.25, -0.2) is 9.78 Å². The van der Waals surface area contributed by atoms with Crippen molar-refractivity contribution < 1.29 is 24.2 Å². The highest BCUT2D eigenvalue weighted by Crippen LogP contribution is 2.36. The molecule has 1 atom stereocenters. The smallest absolute Gasteiger partial charge is 0.329 e. The van der Waals surface area contributed by atoms with Crippen LogP contribution < -0.4 is 16.3 Å². The molecular weight excluding hydrogens is 715 g/mol. The number of hydrogen-bond donors (Lipinski definition) is 3. The van der Waals surface area contributed by atoms with Crippen LogP contribution in [-0.2, 0) is 27.0 Å². The van der Waals surface area contributed by atoms with Gasteiger partial charge in [0.1, 0.15) is 41.4 Å². The fourth-order valence-corrected chi connectivity index (χ4v) is 8.21. The molecule has 4 aromatic rings. The molecule has 3 N–H and O–H groups in total. The molecule has 56 heavy (non-hydrogen) atoms. The Morgan fingerprint density at radius 1 is 1.05 bits per heavy atom. The summed E-state index contributed by atoms with van der Waals surface area (Å²) >= 11 is 0. The molecule has 292 valence electrons. The Balaban J connectivity index is 0.884. The van der Waals surface area contributed by atoms with Gasteiger partial charge < -0.3 is 20.1 Å². The lowest BCUT2D eigenvalue weighted by molar-refractivity contribution is -0.135. The van der Waals surface area contributed by atoms with Gasteiger partial charge in [0.25, 0.3) is 5.91 Å². The molecular formula is C41H47N9O6. The number of piperidine rings is 2. The van der Waals surface area contributed by atoms with Crippen molar-refractivity contribution in [2.75, 3.05) is 31.6 Å². The van der Waals surface area contributed by atoms with Gasteiger partial charge >= 0.3 is 5.69 Å². The van der Waals surface area contributed by atoms with Gasteiger partial charge in [-0.3, -0.25) is 33.5 Å². The topological polar surface area (TPSA) is 189 Å². The number of pyridine rings is 1. The van der Waals surface area contributed by atoms with Crippen LogP contribution in [0.5, 0.6) is 0 Å². The van der Waals surface area contributed by atoms with Crippen molar-refractivity contribution in [2.45, 2.75) is 89.0 Å². The van der Waals surface area contributed by atoms with E-state index in [9.17, 15) is 24.3 Å². The van der Waals surface area contributed by atoms with Crippen LogP contribution in [0.4, 0.5) is 5.69 Å². The number of aryl methyl sites for hydroxylation is 1. The van der Waals surface area contributed by atoms with Gasteiger partial charge in [0.15, 0.2) is 0 Å². The van der Waals surface area contributed by atoms with E-state index in [2.05, 4.69) is 32.4 Å². The van der Waals surface area contributed by atoms with Crippen LogP contribution in [-0.4, -0.2) is 84.0 Å². The molecule has 1 unspecified atom stereocenters. The number of nitrogens with zero attached hydrogens (tertiary/aromatic N) is 7. The second-order valence-corrected chi connectivity index (χ2v) is 15.5. The van der Waals surface area contributed by atoms with Gasteiger partial charge in [-0.15, -0.1) is 0 Å². The number of hydrogen-bond acceptors (Lipinski definition) is 10. The molecule has 1 aromatic carbocycles. The third-order valence-electron chi connectivity index (χ3n) is 11.1. The first-order chi connectivity index (χ1) is 26.9. The van der Waals surface area contributed by atoms with Gasteiger partial charge in [-0.05, 0) is 89.0 Å². The SMILES string of the molecule is Cn1c(=O)n(C2CCC(=O)NC2=O)c2cccc(C#CCOC3CCN(CC4CCC(n5cc(NC(=O)c6cccc(C#N)n6)c(C(C)(C)O)n5)CC4)CC3)c21. The highest BCUT2D eigenvalue weighted by molar-refractivity contribution is 6.03. The zero-order chi connectivity index (χ0) is 39.6. The van der Waals surface area contributed by atoms with Gasteiger partial charge in [0.2, 0.25) is 11.8 Å². The number of para-hydroxylation sites is 1. The molecule has 3 amide bonds. The molecule has 0 radical (unpaired) electrons. The van der Waals surface area contributed by atoms with Crippen LogP contribution in [0.3, 0.4) is 0 Å². The average molecular weight is 762 g/mol. The Bertz CT molecular complexity index is 2300. The number of benzene rings is 1. The molecule has 15 heteroatoms. The second-order valence-electron chi connectivity index (χ2n) is 15.5. The van der Waals surface area contributed by atoms with E-state index >= 15 is 0 Å². The standard InChI is InChI=1S/C41H47N9O6/c1-41(2,55)37-32(44-38(52)31-10-5-9-28(23-42)43-31)25-49(46-37)29-14-12-26(13-15-29)24-48-20-18-30(19-21-48)56-22-6-8-27-7-4-11-33-36(27)47(3)40(54)50(33)34-16-17-35(51)45-39(34)53/h4-5,7,9-11,25-26,29-30,34,55H,12-22,24H2,1-3H3,(H,44,52)(H,45,51,53). The van der Waals surface area contributed by atoms with Crippen molar-refractivity contribution in [1.82, 2.24) is 34.1 Å². The first-order valence-corrected chi connectivity index (χ1v) is 19.3. The summed E-state index contributed by atoms with van der Waals surface area (Å²) in [5.41, 5.74) is 1.40. The molecule has 3 fully saturated rings. The number of imide groups is 1. The van der Waals surface area contributed by atoms with Gasteiger partial charge in [0, 0.05) is 39.3 Å². The van der Waals surface area contributed by atoms with E-state index in [1.165, 1.54) is 15.2 Å². The van der Waals surface area contributed by atoms with Crippen LogP contribution in [0.15, 0.2) is 47.4 Å². The highest BCUT2D eigenvalue weighted by atomic mass is 16.5. The summed E-state index contributed by atoms with van der Waals surface area (Å²) in [6.45, 7) is 6.49. The summed E-state index contributed by atoms with van der Waals surface area (Å²) < 4.78 is 11.0. The Labute approximate surface area is 324 Å². The minimum atomic E-state index is -1.28. The zero-order valence-corrected chi connectivity index (χ0v) is 32.0. The summed E-state index contributed by atoms with van der Waals surface area (Å²) in [4.78, 5) is 57.1. The molecule has 1 saturated carbocycles. The first-order valence-electron chi connectivity index (χ1n) is 19.3. The van der Waals surface area contributed by atoms with Crippen LogP contribution in [0.2, 0.25) is 0 Å². The Morgan fingerprint density at radius 2 is 1.80 bits per heavy atom. The van der Waals surface area contributed by atoms with Crippen LogP contribution in [0, 0.1) is 29.1 Å². The number of nitrogens with one attached hydrogen (secondary N) is 2. The molecule has 5 heterocycles. The number of imidazole rings is 1. The predicted octanol–water partition coefficient (Wildman–Crippen LogP) is 3.52. The maximum Gasteiger partial charge on any atom is 0.329 e. The van der Waals surface area contributed by atoms with E-state index in [0.717, 1.165) is 58.2 Å². The predicted molar refractivity (Wildman–Crippen MR) is 206 cm³/mol. The second kappa shape index (κ2) is 16.2. The van der Waals surface area contributed by atoms with Crippen molar-refractivity contribution in [2.24, 2.45) is 13.0 Å². The summed E-state index contributed by atoms with van der Waals surface area (Å²) in [6, 6.07) is 11.5. The van der Waals surface area contributed by atoms with Gasteiger partial charge in [-0.1, -0.05) is 24.0 Å². The normalized spacial score (nSPS) is 20.9. The van der Waals surface area contributed by atoms with Crippen molar-refractivity contribution in [3.63, 3.8) is 0 Å². The molecule has 2 saturated heterocycles. The van der Waals surface area contributed by atoms with E-state index in [4.69, 9.17) is 15.1 Å². The summed E-state index contributed by atoms with van der Waals surface area (Å²) in [6.07, 6.45) is 8.21. The number of fused-ring (bicyclic) bond motifs is 1. The van der Waals surface area contributed by atoms with Crippen LogP contribution >= 0.6 is 0 Å². The highest BCUT2D eigenvalue weighted by Gasteiger charge is 2.33. The zero-order valence-electron chi connectivity index (χ0n) is 32.0. The molecule has 7 rings (SSSR count). The molecule has 3 aliphatic rings. The number of amides is 3. The third kappa shape index (κ3) is 8.31. The van der Waals surface area contributed by atoms with E-state index in [-0.39, 0.29) is 54.6 Å². The molecule has 15 nitrogen and oxygen atoms in total. The largest absolute Gasteiger partial charge is 0.384 e. The van der Waals surface area contributed by atoms with Crippen molar-refractivity contribution in [1.29, 1.82) is 5.26 Å². The Hall–Kier alpha value is -5.61. The summed E-state index contributed by atoms with van der Waals surface area (Å²) in [5, 5.41) is 30.0. The number of ether oxygens (including phenoxy) is 1. The van der Waals surface area contributed by atoms with Crippen LogP contribution in [0.25, 0.3) is 11.0 Å². The fourth-order valence-electron chi connectivity index (χ4n) is 8.21. The number of anilines is 1. The van der Waals surface area contributed by atoms with Crippen molar-refractivity contribution >= 4 is 34.4 Å². The molecule has 3 aromatic heterocycles. The molecule has 0 bridgehead atoms. The number of likely N-dealkylation sites (tertiary alicyclic amines) is 1. The maximum absolute atomic E-state index is 13.2. The molecule has 2 aliphatic heterocycles. The third-order valence-corrected chi connectivity index (χ3v) is 11.1. The molecule has 0 spiro atoms. The van der Waals surface area contributed by atoms with E-state index in [1.54, 1.807) is 45.3 Å². The number of aromatic nitrogens is 5. The van der Waals surface area contributed by atoms with E-state index in [0.29, 0.717) is 33.9 Å². The number of aliphatic hydroxyl groups is 1. The first kappa shape index (κ1) is 38.7. The summed E-state index contributed by atoms with van der Waals surface area (Å²) in [7, 11) is 1.67. The Morgan fingerprint density at radius 3 is 2.52 bits per heavy atom. The number of carbonyl (C=O) groups is 3. The van der Waals surface area contributed by atoms with E-state index < -0.39 is 23.5 Å². The minimum Gasteiger partial charge on any atom is -0.384 e. The van der Waals surface area contributed by atoms with Crippen molar-refractivity contribution in [3.05, 3.63) is 75.7 Å². The van der Waals surface area contributed by atoms with Gasteiger partial charge in [-0.2, -0.15) is 10.4 Å². The van der Waals surface area contributed by atoms with Crippen molar-refractivity contribution in [3.8, 4) is 17.9 Å². The summed E-state index contributed by atoms with van der Waals surface area (Å²) in [5.74, 6) is 5.61. The lowest BCUT2D eigenvalue weighted by Crippen LogP contribution is -2.44. The number of nitriles is 1.